The number of unbranched alkanes of at least 4 members (excludes halogenated alkanes) is 3. The van der Waals surface area contributed by atoms with Gasteiger partial charge in [0, 0.05) is 5.54 Å². The maximum Gasteiger partial charge on any atom is 0.0766 e. The maximum absolute atomic E-state index is 9.23. The highest BCUT2D eigenvalue weighted by Crippen LogP contribution is 2.02. The molecule has 1 atom stereocenters. The molecule has 2 heteroatoms. The van der Waals surface area contributed by atoms with Gasteiger partial charge in [-0.25, -0.2) is 0 Å². The second-order valence-corrected chi connectivity index (χ2v) is 3.34. The lowest BCUT2D eigenvalue weighted by atomic mass is 10.1. The van der Waals surface area contributed by atoms with Gasteiger partial charge in [-0.15, -0.1) is 0 Å². The van der Waals surface area contributed by atoms with E-state index < -0.39 is 6.10 Å². The highest BCUT2D eigenvalue weighted by Gasteiger charge is 1.92. The molecule has 0 aromatic carbocycles. The maximum atomic E-state index is 9.23. The predicted octanol–water partition coefficient (Wildman–Crippen LogP) is 3.63. The van der Waals surface area contributed by atoms with E-state index in [1.807, 2.05) is 6.08 Å². The molecule has 1 nitrogen and oxygen atoms in total. The van der Waals surface area contributed by atoms with Crippen molar-refractivity contribution in [2.45, 2.75) is 45.1 Å². The quantitative estimate of drug-likeness (QED) is 0.494. The van der Waals surface area contributed by atoms with Crippen LogP contribution < -0.4 is 0 Å². The first-order valence-electron chi connectivity index (χ1n) is 4.91. The summed E-state index contributed by atoms with van der Waals surface area (Å²) < 4.78 is 0. The second kappa shape index (κ2) is 9.82. The van der Waals surface area contributed by atoms with Crippen molar-refractivity contribution in [1.29, 1.82) is 0 Å². The third-order valence-corrected chi connectivity index (χ3v) is 1.96. The van der Waals surface area contributed by atoms with Crippen LogP contribution in [0.25, 0.3) is 0 Å². The number of halogens is 1. The van der Waals surface area contributed by atoms with Crippen molar-refractivity contribution in [2.24, 2.45) is 0 Å². The Balaban J connectivity index is 3.30. The molecule has 0 saturated carbocycles. The molecule has 0 aromatic rings. The molecule has 1 N–H and O–H groups in total. The van der Waals surface area contributed by atoms with E-state index in [4.69, 9.17) is 11.6 Å². The molecule has 0 spiro atoms. The van der Waals surface area contributed by atoms with Gasteiger partial charge in [0.25, 0.3) is 0 Å². The Morgan fingerprint density at radius 1 is 1.31 bits per heavy atom. The van der Waals surface area contributed by atoms with Crippen molar-refractivity contribution in [3.8, 4) is 0 Å². The van der Waals surface area contributed by atoms with Crippen LogP contribution in [0, 0.1) is 0 Å². The highest BCUT2D eigenvalue weighted by atomic mass is 35.5. The van der Waals surface area contributed by atoms with Crippen LogP contribution >= 0.6 is 11.6 Å². The first kappa shape index (κ1) is 12.7. The molecule has 0 aromatic heterocycles. The molecule has 0 heterocycles. The smallest absolute Gasteiger partial charge is 0.0766 e. The summed E-state index contributed by atoms with van der Waals surface area (Å²) in [5.41, 5.74) is 1.36. The van der Waals surface area contributed by atoms with Crippen LogP contribution in [0.15, 0.2) is 23.8 Å². The lowest BCUT2D eigenvalue weighted by Gasteiger charge is -1.98. The largest absolute Gasteiger partial charge is 0.389 e. The SMILES string of the molecule is CCCCCC=CC[C@@H](O)C=CCl. The fourth-order valence-electron chi connectivity index (χ4n) is 1.03. The molecule has 0 radical (unpaired) electrons. The van der Waals surface area contributed by atoms with Crippen LogP contribution in [0.1, 0.15) is 39.0 Å². The molecule has 13 heavy (non-hydrogen) atoms. The van der Waals surface area contributed by atoms with E-state index in [0.29, 0.717) is 6.42 Å². The van der Waals surface area contributed by atoms with Crippen molar-refractivity contribution >= 4 is 11.6 Å². The van der Waals surface area contributed by atoms with E-state index in [1.54, 1.807) is 6.08 Å². The zero-order valence-corrected chi connectivity index (χ0v) is 9.00. The fraction of sp³-hybridized carbons (Fsp3) is 0.636. The third kappa shape index (κ3) is 9.65. The lowest BCUT2D eigenvalue weighted by molar-refractivity contribution is 0.227. The summed E-state index contributed by atoms with van der Waals surface area (Å²) >= 11 is 5.31. The molecule has 0 amide bonds. The molecule has 0 bridgehead atoms. The molecule has 0 saturated heterocycles. The normalized spacial score (nSPS) is 14.4. The molecule has 0 aliphatic rings. The lowest BCUT2D eigenvalue weighted by Crippen LogP contribution is -1.98. The van der Waals surface area contributed by atoms with Gasteiger partial charge in [0.15, 0.2) is 0 Å². The van der Waals surface area contributed by atoms with Crippen LogP contribution in [0.5, 0.6) is 0 Å². The van der Waals surface area contributed by atoms with Crippen LogP contribution in [0.2, 0.25) is 0 Å². The summed E-state index contributed by atoms with van der Waals surface area (Å²) in [6.45, 7) is 2.19. The average molecular weight is 203 g/mol. The average Bonchev–Trinajstić information content (AvgIpc) is 2.11. The van der Waals surface area contributed by atoms with Crippen LogP contribution in [-0.2, 0) is 0 Å². The summed E-state index contributed by atoms with van der Waals surface area (Å²) in [6.07, 6.45) is 10.9. The molecule has 0 rings (SSSR count). The summed E-state index contributed by atoms with van der Waals surface area (Å²) in [4.78, 5) is 0. The number of hydrogen-bond acceptors (Lipinski definition) is 1. The van der Waals surface area contributed by atoms with Gasteiger partial charge in [-0.05, 0) is 25.3 Å². The Morgan fingerprint density at radius 2 is 2.08 bits per heavy atom. The Hall–Kier alpha value is -0.270. The third-order valence-electron chi connectivity index (χ3n) is 1.81. The van der Waals surface area contributed by atoms with E-state index in [1.165, 1.54) is 24.8 Å². The molecule has 0 fully saturated rings. The molecule has 76 valence electrons. The fourth-order valence-corrected chi connectivity index (χ4v) is 1.20. The number of hydrogen-bond donors (Lipinski definition) is 1. The predicted molar refractivity (Wildman–Crippen MR) is 58.9 cm³/mol. The van der Waals surface area contributed by atoms with Crippen molar-refractivity contribution in [2.75, 3.05) is 0 Å². The minimum Gasteiger partial charge on any atom is -0.389 e. The van der Waals surface area contributed by atoms with Crippen molar-refractivity contribution in [3.05, 3.63) is 23.8 Å². The van der Waals surface area contributed by atoms with E-state index in [0.717, 1.165) is 6.42 Å². The number of rotatable bonds is 7. The molecule has 0 unspecified atom stereocenters. The highest BCUT2D eigenvalue weighted by molar-refractivity contribution is 6.25. The van der Waals surface area contributed by atoms with Gasteiger partial charge in [0.1, 0.15) is 0 Å². The molecule has 0 aliphatic carbocycles. The number of allylic oxidation sites excluding steroid dienone is 1. The Kier molecular flexibility index (Phi) is 9.61. The molecular formula is C11H19ClO. The van der Waals surface area contributed by atoms with Gasteiger partial charge in [-0.1, -0.05) is 43.5 Å². The van der Waals surface area contributed by atoms with Gasteiger partial charge >= 0.3 is 0 Å². The van der Waals surface area contributed by atoms with Gasteiger partial charge in [0.2, 0.25) is 0 Å². The molecular weight excluding hydrogens is 184 g/mol. The molecule has 0 aliphatic heterocycles. The first-order chi connectivity index (χ1) is 6.31. The minimum atomic E-state index is -0.431. The van der Waals surface area contributed by atoms with E-state index in [2.05, 4.69) is 13.0 Å². The van der Waals surface area contributed by atoms with Crippen LogP contribution in [0.3, 0.4) is 0 Å². The Labute approximate surface area is 86.1 Å². The van der Waals surface area contributed by atoms with Gasteiger partial charge in [-0.3, -0.25) is 0 Å². The zero-order valence-electron chi connectivity index (χ0n) is 8.25. The van der Waals surface area contributed by atoms with Gasteiger partial charge < -0.3 is 5.11 Å². The Morgan fingerprint density at radius 3 is 2.69 bits per heavy atom. The topological polar surface area (TPSA) is 20.2 Å². The summed E-state index contributed by atoms with van der Waals surface area (Å²) in [5, 5.41) is 9.23. The van der Waals surface area contributed by atoms with Crippen LogP contribution in [-0.4, -0.2) is 11.2 Å². The van der Waals surface area contributed by atoms with Crippen molar-refractivity contribution in [3.63, 3.8) is 0 Å². The summed E-state index contributed by atoms with van der Waals surface area (Å²) in [6, 6.07) is 0. The van der Waals surface area contributed by atoms with Gasteiger partial charge in [-0.2, -0.15) is 0 Å². The van der Waals surface area contributed by atoms with E-state index in [-0.39, 0.29) is 0 Å². The second-order valence-electron chi connectivity index (χ2n) is 3.09. The van der Waals surface area contributed by atoms with Crippen molar-refractivity contribution in [1.82, 2.24) is 0 Å². The monoisotopic (exact) mass is 202 g/mol. The summed E-state index contributed by atoms with van der Waals surface area (Å²) in [7, 11) is 0. The van der Waals surface area contributed by atoms with E-state index in [9.17, 15) is 5.11 Å². The standard InChI is InChI=1S/C11H19ClO/c1-2-3-4-5-6-7-8-11(13)9-10-12/h6-7,9-11,13H,2-5,8H2,1H3/t11-/m1/s1. The van der Waals surface area contributed by atoms with Crippen LogP contribution in [0.4, 0.5) is 0 Å². The number of aliphatic hydroxyl groups excluding tert-OH is 1. The van der Waals surface area contributed by atoms with Crippen molar-refractivity contribution < 1.29 is 5.11 Å². The number of aliphatic hydroxyl groups is 1. The van der Waals surface area contributed by atoms with Gasteiger partial charge in [0.05, 0.1) is 6.10 Å². The Bertz CT molecular complexity index is 152. The summed E-state index contributed by atoms with van der Waals surface area (Å²) in [5.74, 6) is 0. The zero-order chi connectivity index (χ0) is 9.94. The first-order valence-corrected chi connectivity index (χ1v) is 5.34. The van der Waals surface area contributed by atoms with E-state index >= 15 is 0 Å². The minimum absolute atomic E-state index is 0.431.